The molecule has 1 aromatic carbocycles. The molecule has 1 aliphatic carbocycles. The van der Waals surface area contributed by atoms with Gasteiger partial charge in [-0.2, -0.15) is 0 Å². The van der Waals surface area contributed by atoms with Crippen molar-refractivity contribution < 1.29 is 22.7 Å². The van der Waals surface area contributed by atoms with Gasteiger partial charge in [-0.3, -0.25) is 9.59 Å². The molecule has 0 spiro atoms. The van der Waals surface area contributed by atoms with Crippen LogP contribution >= 0.6 is 0 Å². The molecule has 1 saturated carbocycles. The Kier molecular flexibility index (Phi) is 7.59. The van der Waals surface area contributed by atoms with Crippen molar-refractivity contribution in [2.45, 2.75) is 63.8 Å². The van der Waals surface area contributed by atoms with E-state index in [0.29, 0.717) is 37.5 Å². The molecule has 31 heavy (non-hydrogen) atoms. The summed E-state index contributed by atoms with van der Waals surface area (Å²) in [6.07, 6.45) is 3.88. The summed E-state index contributed by atoms with van der Waals surface area (Å²) in [6, 6.07) is 4.75. The molecule has 0 radical (unpaired) electrons. The highest BCUT2D eigenvalue weighted by Crippen LogP contribution is 2.34. The second-order valence-corrected chi connectivity index (χ2v) is 10.1. The number of piperidine rings is 1. The first-order valence-corrected chi connectivity index (χ1v) is 12.6. The molecule has 9 heteroatoms. The van der Waals surface area contributed by atoms with E-state index in [-0.39, 0.29) is 34.6 Å². The lowest BCUT2D eigenvalue weighted by Gasteiger charge is -2.34. The minimum absolute atomic E-state index is 0.0189. The van der Waals surface area contributed by atoms with Gasteiger partial charge in [0.2, 0.25) is 15.9 Å². The monoisotopic (exact) mass is 451 g/mol. The Bertz CT molecular complexity index is 914. The SMILES string of the molecule is CCOC(=O)C1CCCN(c2ccc(NC(=O)C3CC3)cc2S(=O)(=O)NC(C)CC)C1. The number of amides is 1. The third kappa shape index (κ3) is 5.98. The predicted octanol–water partition coefficient (Wildman–Crippen LogP) is 2.89. The fourth-order valence-corrected chi connectivity index (χ4v) is 5.30. The van der Waals surface area contributed by atoms with E-state index < -0.39 is 10.0 Å². The molecule has 1 heterocycles. The normalized spacial score (nSPS) is 20.2. The van der Waals surface area contributed by atoms with E-state index in [1.807, 2.05) is 18.7 Å². The molecule has 8 nitrogen and oxygen atoms in total. The Morgan fingerprint density at radius 1 is 1.19 bits per heavy atom. The molecule has 1 saturated heterocycles. The van der Waals surface area contributed by atoms with Crippen LogP contribution in [0.4, 0.5) is 11.4 Å². The summed E-state index contributed by atoms with van der Waals surface area (Å²) in [5, 5.41) is 2.83. The number of ether oxygens (including phenoxy) is 1. The number of carbonyl (C=O) groups is 2. The molecule has 3 rings (SSSR count). The lowest BCUT2D eigenvalue weighted by atomic mass is 9.97. The van der Waals surface area contributed by atoms with Gasteiger partial charge in [0.25, 0.3) is 0 Å². The first-order chi connectivity index (χ1) is 14.7. The maximum absolute atomic E-state index is 13.2. The summed E-state index contributed by atoms with van der Waals surface area (Å²) in [5.74, 6) is -0.597. The molecular formula is C22H33N3O5S. The number of benzene rings is 1. The number of sulfonamides is 1. The van der Waals surface area contributed by atoms with Crippen LogP contribution in [0.25, 0.3) is 0 Å². The Hall–Kier alpha value is -2.13. The molecular weight excluding hydrogens is 418 g/mol. The Morgan fingerprint density at radius 2 is 1.94 bits per heavy atom. The first kappa shape index (κ1) is 23.5. The number of esters is 1. The summed E-state index contributed by atoms with van der Waals surface area (Å²) in [6.45, 7) is 6.87. The highest BCUT2D eigenvalue weighted by atomic mass is 32.2. The molecule has 172 valence electrons. The summed E-state index contributed by atoms with van der Waals surface area (Å²) < 4.78 is 34.3. The molecule has 2 unspecified atom stereocenters. The van der Waals surface area contributed by atoms with Crippen LogP contribution in [0.3, 0.4) is 0 Å². The lowest BCUT2D eigenvalue weighted by Crippen LogP contribution is -2.41. The van der Waals surface area contributed by atoms with E-state index in [1.165, 1.54) is 6.07 Å². The third-order valence-electron chi connectivity index (χ3n) is 5.82. The zero-order chi connectivity index (χ0) is 22.6. The van der Waals surface area contributed by atoms with Crippen molar-refractivity contribution >= 4 is 33.3 Å². The molecule has 1 amide bonds. The highest BCUT2D eigenvalue weighted by Gasteiger charge is 2.32. The number of rotatable bonds is 9. The molecule has 2 aliphatic rings. The van der Waals surface area contributed by atoms with Crippen molar-refractivity contribution in [3.8, 4) is 0 Å². The van der Waals surface area contributed by atoms with E-state index >= 15 is 0 Å². The molecule has 0 bridgehead atoms. The van der Waals surface area contributed by atoms with Gasteiger partial charge in [-0.15, -0.1) is 0 Å². The smallest absolute Gasteiger partial charge is 0.310 e. The quantitative estimate of drug-likeness (QED) is 0.560. The summed E-state index contributed by atoms with van der Waals surface area (Å²) >= 11 is 0. The summed E-state index contributed by atoms with van der Waals surface area (Å²) in [7, 11) is -3.82. The van der Waals surface area contributed by atoms with Crippen molar-refractivity contribution in [2.24, 2.45) is 11.8 Å². The molecule has 2 N–H and O–H groups in total. The first-order valence-electron chi connectivity index (χ1n) is 11.1. The van der Waals surface area contributed by atoms with E-state index in [4.69, 9.17) is 4.74 Å². The Balaban J connectivity index is 1.92. The molecule has 2 fully saturated rings. The number of carbonyl (C=O) groups excluding carboxylic acids is 2. The van der Waals surface area contributed by atoms with Crippen LogP contribution in [0.1, 0.15) is 52.9 Å². The van der Waals surface area contributed by atoms with Crippen molar-refractivity contribution in [1.82, 2.24) is 4.72 Å². The Morgan fingerprint density at radius 3 is 2.58 bits per heavy atom. The van der Waals surface area contributed by atoms with E-state index in [1.54, 1.807) is 19.1 Å². The van der Waals surface area contributed by atoms with Gasteiger partial charge in [0.15, 0.2) is 0 Å². The van der Waals surface area contributed by atoms with Crippen LogP contribution in [-0.4, -0.2) is 46.0 Å². The largest absolute Gasteiger partial charge is 0.466 e. The number of hydrogen-bond donors (Lipinski definition) is 2. The van der Waals surface area contributed by atoms with Crippen LogP contribution < -0.4 is 14.9 Å². The molecule has 2 atom stereocenters. The van der Waals surface area contributed by atoms with Crippen molar-refractivity contribution in [1.29, 1.82) is 0 Å². The second-order valence-electron chi connectivity index (χ2n) is 8.41. The zero-order valence-electron chi connectivity index (χ0n) is 18.5. The van der Waals surface area contributed by atoms with Gasteiger partial charge in [0, 0.05) is 30.7 Å². The summed E-state index contributed by atoms with van der Waals surface area (Å²) in [4.78, 5) is 26.5. The van der Waals surface area contributed by atoms with Gasteiger partial charge < -0.3 is 15.0 Å². The average Bonchev–Trinajstić information content (AvgIpc) is 3.59. The number of nitrogens with zero attached hydrogens (tertiary/aromatic N) is 1. The number of anilines is 2. The van der Waals surface area contributed by atoms with E-state index in [0.717, 1.165) is 25.7 Å². The molecule has 1 aromatic rings. The van der Waals surface area contributed by atoms with Gasteiger partial charge in [-0.1, -0.05) is 6.92 Å². The average molecular weight is 452 g/mol. The Labute approximate surface area is 184 Å². The third-order valence-corrected chi connectivity index (χ3v) is 7.43. The van der Waals surface area contributed by atoms with Crippen molar-refractivity contribution in [3.63, 3.8) is 0 Å². The van der Waals surface area contributed by atoms with Gasteiger partial charge in [-0.25, -0.2) is 13.1 Å². The van der Waals surface area contributed by atoms with Gasteiger partial charge in [-0.05, 0) is 64.2 Å². The van der Waals surface area contributed by atoms with Crippen LogP contribution in [-0.2, 0) is 24.3 Å². The van der Waals surface area contributed by atoms with Crippen LogP contribution in [0, 0.1) is 11.8 Å². The number of nitrogens with one attached hydrogen (secondary N) is 2. The fourth-order valence-electron chi connectivity index (χ4n) is 3.72. The van der Waals surface area contributed by atoms with Gasteiger partial charge in [0.05, 0.1) is 18.2 Å². The second kappa shape index (κ2) is 9.99. The summed E-state index contributed by atoms with van der Waals surface area (Å²) in [5.41, 5.74) is 0.998. The topological polar surface area (TPSA) is 105 Å². The maximum atomic E-state index is 13.2. The number of hydrogen-bond acceptors (Lipinski definition) is 6. The van der Waals surface area contributed by atoms with Crippen LogP contribution in [0.15, 0.2) is 23.1 Å². The van der Waals surface area contributed by atoms with E-state index in [9.17, 15) is 18.0 Å². The minimum Gasteiger partial charge on any atom is -0.466 e. The highest BCUT2D eigenvalue weighted by molar-refractivity contribution is 7.89. The van der Waals surface area contributed by atoms with Crippen LogP contribution in [0.2, 0.25) is 0 Å². The van der Waals surface area contributed by atoms with Gasteiger partial charge >= 0.3 is 5.97 Å². The lowest BCUT2D eigenvalue weighted by molar-refractivity contribution is -0.148. The molecule has 0 aromatic heterocycles. The van der Waals surface area contributed by atoms with Crippen molar-refractivity contribution in [3.05, 3.63) is 18.2 Å². The fraction of sp³-hybridized carbons (Fsp3) is 0.636. The standard InChI is InChI=1S/C22H33N3O5S/c1-4-15(3)24-31(28,29)20-13-18(23-21(26)16-8-9-16)10-11-19(20)25-12-6-7-17(14-25)22(27)30-5-2/h10-11,13,15-17,24H,4-9,12,14H2,1-3H3,(H,23,26). The minimum atomic E-state index is -3.82. The zero-order valence-corrected chi connectivity index (χ0v) is 19.3. The van der Waals surface area contributed by atoms with E-state index in [2.05, 4.69) is 10.0 Å². The van der Waals surface area contributed by atoms with Crippen molar-refractivity contribution in [2.75, 3.05) is 29.9 Å². The van der Waals surface area contributed by atoms with Crippen LogP contribution in [0.5, 0.6) is 0 Å². The van der Waals surface area contributed by atoms with Gasteiger partial charge in [0.1, 0.15) is 4.90 Å². The maximum Gasteiger partial charge on any atom is 0.310 e. The predicted molar refractivity (Wildman–Crippen MR) is 119 cm³/mol. The molecule has 1 aliphatic heterocycles.